The second-order valence-electron chi connectivity index (χ2n) is 6.89. The molecule has 8 nitrogen and oxygen atoms in total. The van der Waals surface area contributed by atoms with E-state index in [0.29, 0.717) is 25.9 Å². The molecule has 8 heteroatoms. The van der Waals surface area contributed by atoms with Crippen LogP contribution in [0.3, 0.4) is 0 Å². The standard InChI is InChI=1S/C22H28N4O4/c23-20(28)16-26(13-11-17-4-2-1-3-5-17)22(30)15-25-21(29)14-24-12-10-18-6-8-19(27)9-7-18/h1-9,24,27H,10-16H2,(H2,23,28)(H,25,29). The highest BCUT2D eigenvalue weighted by Gasteiger charge is 2.16. The van der Waals surface area contributed by atoms with Crippen LogP contribution in [0.1, 0.15) is 11.1 Å². The van der Waals surface area contributed by atoms with E-state index >= 15 is 0 Å². The van der Waals surface area contributed by atoms with Crippen molar-refractivity contribution in [2.75, 3.05) is 32.7 Å². The molecule has 0 spiro atoms. The highest BCUT2D eigenvalue weighted by Crippen LogP contribution is 2.09. The predicted octanol–water partition coefficient (Wildman–Crippen LogP) is 0.197. The van der Waals surface area contributed by atoms with Gasteiger partial charge in [-0.05, 0) is 42.6 Å². The normalized spacial score (nSPS) is 10.4. The molecular formula is C22H28N4O4. The van der Waals surface area contributed by atoms with Gasteiger partial charge >= 0.3 is 0 Å². The first-order valence-electron chi connectivity index (χ1n) is 9.79. The number of aromatic hydroxyl groups is 1. The van der Waals surface area contributed by atoms with Crippen LogP contribution in [0.5, 0.6) is 5.75 Å². The van der Waals surface area contributed by atoms with Crippen molar-refractivity contribution in [1.29, 1.82) is 0 Å². The van der Waals surface area contributed by atoms with E-state index in [1.54, 1.807) is 12.1 Å². The predicted molar refractivity (Wildman–Crippen MR) is 114 cm³/mol. The van der Waals surface area contributed by atoms with Crippen LogP contribution in [0, 0.1) is 0 Å². The van der Waals surface area contributed by atoms with Gasteiger partial charge in [-0.3, -0.25) is 14.4 Å². The number of benzene rings is 2. The molecule has 0 unspecified atom stereocenters. The van der Waals surface area contributed by atoms with Crippen molar-refractivity contribution in [2.24, 2.45) is 5.73 Å². The zero-order valence-corrected chi connectivity index (χ0v) is 16.8. The fraction of sp³-hybridized carbons (Fsp3) is 0.318. The highest BCUT2D eigenvalue weighted by atomic mass is 16.3. The minimum Gasteiger partial charge on any atom is -0.508 e. The molecule has 0 saturated carbocycles. The van der Waals surface area contributed by atoms with Crippen LogP contribution in [-0.4, -0.2) is 60.5 Å². The molecule has 0 fully saturated rings. The molecule has 0 aromatic heterocycles. The lowest BCUT2D eigenvalue weighted by molar-refractivity contribution is -0.135. The molecular weight excluding hydrogens is 384 g/mol. The van der Waals surface area contributed by atoms with Gasteiger partial charge in [-0.25, -0.2) is 0 Å². The van der Waals surface area contributed by atoms with Gasteiger partial charge in [0.25, 0.3) is 0 Å². The fourth-order valence-corrected chi connectivity index (χ4v) is 2.83. The van der Waals surface area contributed by atoms with Gasteiger partial charge in [0.2, 0.25) is 17.7 Å². The molecule has 160 valence electrons. The zero-order valence-electron chi connectivity index (χ0n) is 16.8. The maximum Gasteiger partial charge on any atom is 0.242 e. The summed E-state index contributed by atoms with van der Waals surface area (Å²) in [7, 11) is 0. The number of hydrogen-bond acceptors (Lipinski definition) is 5. The molecule has 0 aliphatic carbocycles. The summed E-state index contributed by atoms with van der Waals surface area (Å²) in [4.78, 5) is 37.0. The molecule has 0 aliphatic rings. The number of primary amides is 1. The lowest BCUT2D eigenvalue weighted by atomic mass is 10.1. The van der Waals surface area contributed by atoms with E-state index in [1.165, 1.54) is 4.90 Å². The van der Waals surface area contributed by atoms with Gasteiger partial charge in [-0.15, -0.1) is 0 Å². The van der Waals surface area contributed by atoms with E-state index in [4.69, 9.17) is 5.73 Å². The summed E-state index contributed by atoms with van der Waals surface area (Å²) in [6.07, 6.45) is 1.30. The van der Waals surface area contributed by atoms with Crippen LogP contribution >= 0.6 is 0 Å². The Hall–Kier alpha value is -3.39. The van der Waals surface area contributed by atoms with Gasteiger partial charge < -0.3 is 26.4 Å². The van der Waals surface area contributed by atoms with E-state index in [0.717, 1.165) is 11.1 Å². The van der Waals surface area contributed by atoms with Crippen LogP contribution in [-0.2, 0) is 27.2 Å². The number of amides is 3. The minimum atomic E-state index is -0.598. The van der Waals surface area contributed by atoms with Crippen LogP contribution in [0.25, 0.3) is 0 Å². The summed E-state index contributed by atoms with van der Waals surface area (Å²) in [6, 6.07) is 16.5. The van der Waals surface area contributed by atoms with E-state index in [2.05, 4.69) is 10.6 Å². The Morgan fingerprint density at radius 1 is 0.900 bits per heavy atom. The molecule has 0 radical (unpaired) electrons. The first-order valence-corrected chi connectivity index (χ1v) is 9.79. The van der Waals surface area contributed by atoms with Crippen molar-refractivity contribution in [3.63, 3.8) is 0 Å². The maximum absolute atomic E-state index is 12.4. The lowest BCUT2D eigenvalue weighted by Gasteiger charge is -2.21. The van der Waals surface area contributed by atoms with Crippen molar-refractivity contribution in [1.82, 2.24) is 15.5 Å². The monoisotopic (exact) mass is 412 g/mol. The van der Waals surface area contributed by atoms with Gasteiger partial charge in [0.15, 0.2) is 0 Å². The summed E-state index contributed by atoms with van der Waals surface area (Å²) < 4.78 is 0. The molecule has 0 aliphatic heterocycles. The molecule has 0 bridgehead atoms. The number of carbonyl (C=O) groups excluding carboxylic acids is 3. The number of hydrogen-bond donors (Lipinski definition) is 4. The van der Waals surface area contributed by atoms with Gasteiger partial charge in [0, 0.05) is 6.54 Å². The molecule has 0 heterocycles. The number of nitrogens with two attached hydrogens (primary N) is 1. The third-order valence-corrected chi connectivity index (χ3v) is 4.46. The van der Waals surface area contributed by atoms with E-state index in [-0.39, 0.29) is 37.2 Å². The number of rotatable bonds is 12. The minimum absolute atomic E-state index is 0.0746. The quantitative estimate of drug-likeness (QED) is 0.371. The first kappa shape index (κ1) is 22.9. The Morgan fingerprint density at radius 3 is 2.23 bits per heavy atom. The summed E-state index contributed by atoms with van der Waals surface area (Å²) >= 11 is 0. The number of nitrogens with one attached hydrogen (secondary N) is 2. The largest absolute Gasteiger partial charge is 0.508 e. The summed E-state index contributed by atoms with van der Waals surface area (Å²) in [6.45, 7) is 0.613. The van der Waals surface area contributed by atoms with Crippen LogP contribution < -0.4 is 16.4 Å². The van der Waals surface area contributed by atoms with Crippen molar-refractivity contribution in [3.05, 3.63) is 65.7 Å². The third kappa shape index (κ3) is 8.74. The Kier molecular flexibility index (Phi) is 9.33. The average Bonchev–Trinajstić information content (AvgIpc) is 2.74. The first-order chi connectivity index (χ1) is 14.4. The lowest BCUT2D eigenvalue weighted by Crippen LogP contribution is -2.46. The van der Waals surface area contributed by atoms with Gasteiger partial charge in [-0.2, -0.15) is 0 Å². The maximum atomic E-state index is 12.4. The summed E-state index contributed by atoms with van der Waals surface area (Å²) in [5.74, 6) is -1.05. The second kappa shape index (κ2) is 12.2. The molecule has 2 aromatic rings. The molecule has 0 saturated heterocycles. The molecule has 2 aromatic carbocycles. The van der Waals surface area contributed by atoms with Gasteiger partial charge in [-0.1, -0.05) is 42.5 Å². The number of phenols is 1. The summed E-state index contributed by atoms with van der Waals surface area (Å²) in [5, 5.41) is 14.8. The van der Waals surface area contributed by atoms with Crippen LogP contribution in [0.4, 0.5) is 0 Å². The molecule has 2 rings (SSSR count). The van der Waals surface area contributed by atoms with Gasteiger partial charge in [0.1, 0.15) is 5.75 Å². The molecule has 0 atom stereocenters. The van der Waals surface area contributed by atoms with Crippen molar-refractivity contribution >= 4 is 17.7 Å². The second-order valence-corrected chi connectivity index (χ2v) is 6.89. The third-order valence-electron chi connectivity index (χ3n) is 4.46. The number of phenolic OH excluding ortho intramolecular Hbond substituents is 1. The smallest absolute Gasteiger partial charge is 0.242 e. The van der Waals surface area contributed by atoms with Gasteiger partial charge in [0.05, 0.1) is 19.6 Å². The van der Waals surface area contributed by atoms with Crippen molar-refractivity contribution in [2.45, 2.75) is 12.8 Å². The average molecular weight is 412 g/mol. The van der Waals surface area contributed by atoms with E-state index in [1.807, 2.05) is 42.5 Å². The summed E-state index contributed by atoms with van der Waals surface area (Å²) in [5.41, 5.74) is 7.33. The zero-order chi connectivity index (χ0) is 21.8. The van der Waals surface area contributed by atoms with E-state index < -0.39 is 5.91 Å². The Bertz CT molecular complexity index is 825. The van der Waals surface area contributed by atoms with Crippen molar-refractivity contribution in [3.8, 4) is 5.75 Å². The Labute approximate surface area is 176 Å². The molecule has 5 N–H and O–H groups in total. The molecule has 30 heavy (non-hydrogen) atoms. The SMILES string of the molecule is NC(=O)CN(CCc1ccccc1)C(=O)CNC(=O)CNCCc1ccc(O)cc1. The van der Waals surface area contributed by atoms with E-state index in [9.17, 15) is 19.5 Å². The van der Waals surface area contributed by atoms with Crippen LogP contribution in [0.15, 0.2) is 54.6 Å². The topological polar surface area (TPSA) is 125 Å². The number of nitrogens with zero attached hydrogens (tertiary/aromatic N) is 1. The van der Waals surface area contributed by atoms with Crippen LogP contribution in [0.2, 0.25) is 0 Å². The van der Waals surface area contributed by atoms with Crippen molar-refractivity contribution < 1.29 is 19.5 Å². The molecule has 3 amide bonds. The highest BCUT2D eigenvalue weighted by molar-refractivity contribution is 5.88. The Balaban J connectivity index is 1.70. The fourth-order valence-electron chi connectivity index (χ4n) is 2.83. The number of carbonyl (C=O) groups is 3. The Morgan fingerprint density at radius 2 is 1.57 bits per heavy atom.